The van der Waals surface area contributed by atoms with Gasteiger partial charge in [0.25, 0.3) is 0 Å². The van der Waals surface area contributed by atoms with Crippen molar-refractivity contribution in [1.82, 2.24) is 10.2 Å². The van der Waals surface area contributed by atoms with E-state index in [0.717, 1.165) is 5.01 Å². The Balaban J connectivity index is 2.39. The fourth-order valence-corrected chi connectivity index (χ4v) is 1.33. The maximum atomic E-state index is 5.56. The Morgan fingerprint density at radius 3 is 3.00 bits per heavy atom. The first-order valence-electron chi connectivity index (χ1n) is 3.28. The summed E-state index contributed by atoms with van der Waals surface area (Å²) in [6, 6.07) is 0. The zero-order valence-electron chi connectivity index (χ0n) is 6.45. The van der Waals surface area contributed by atoms with Crippen molar-refractivity contribution in [2.24, 2.45) is 0 Å². The number of rotatable bonds is 3. The maximum Gasteiger partial charge on any atom is 0.207 e. The lowest BCUT2D eigenvalue weighted by atomic mass is 10.4. The molecule has 12 heavy (non-hydrogen) atoms. The van der Waals surface area contributed by atoms with Crippen LogP contribution in [0.5, 0.6) is 0 Å². The summed E-state index contributed by atoms with van der Waals surface area (Å²) in [5.74, 6) is 2.44. The van der Waals surface area contributed by atoms with Crippen LogP contribution in [0.2, 0.25) is 4.47 Å². The van der Waals surface area contributed by atoms with Crippen molar-refractivity contribution in [3.63, 3.8) is 0 Å². The van der Waals surface area contributed by atoms with Crippen molar-refractivity contribution in [2.75, 3.05) is 0 Å². The van der Waals surface area contributed by atoms with E-state index in [2.05, 4.69) is 16.1 Å². The molecular weight excluding hydrogens is 196 g/mol. The van der Waals surface area contributed by atoms with Crippen molar-refractivity contribution in [3.05, 3.63) is 9.47 Å². The van der Waals surface area contributed by atoms with E-state index in [4.69, 9.17) is 22.8 Å². The molecule has 5 heteroatoms. The lowest BCUT2D eigenvalue weighted by molar-refractivity contribution is 0.0896. The fourth-order valence-electron chi connectivity index (χ4n) is 0.536. The van der Waals surface area contributed by atoms with E-state index in [1.807, 2.05) is 0 Å². The Bertz CT molecular complexity index is 294. The van der Waals surface area contributed by atoms with Crippen LogP contribution in [-0.4, -0.2) is 16.3 Å². The average Bonchev–Trinajstić information content (AvgIpc) is 2.47. The molecule has 0 aliphatic heterocycles. The van der Waals surface area contributed by atoms with Gasteiger partial charge in [0.2, 0.25) is 4.47 Å². The summed E-state index contributed by atoms with van der Waals surface area (Å²) >= 11 is 6.85. The lowest BCUT2D eigenvalue weighted by Crippen LogP contribution is -2.04. The van der Waals surface area contributed by atoms with Gasteiger partial charge in [0.1, 0.15) is 17.7 Å². The molecule has 0 N–H and O–H groups in total. The zero-order valence-corrected chi connectivity index (χ0v) is 8.02. The van der Waals surface area contributed by atoms with E-state index < -0.39 is 0 Å². The number of ether oxygens (including phenoxy) is 1. The number of hydrogen-bond acceptors (Lipinski definition) is 4. The first-order chi connectivity index (χ1) is 5.72. The Hall–Kier alpha value is -0.630. The summed E-state index contributed by atoms with van der Waals surface area (Å²) in [5, 5.41) is 8.13. The molecule has 0 radical (unpaired) electrons. The first-order valence-corrected chi connectivity index (χ1v) is 4.47. The predicted octanol–water partition coefficient (Wildman–Crippen LogP) is 1.73. The fraction of sp³-hybridized carbons (Fsp3) is 0.429. The summed E-state index contributed by atoms with van der Waals surface area (Å²) in [5.41, 5.74) is 0. The third kappa shape index (κ3) is 2.78. The van der Waals surface area contributed by atoms with Gasteiger partial charge in [-0.3, -0.25) is 0 Å². The predicted molar refractivity (Wildman–Crippen MR) is 48.0 cm³/mol. The molecule has 0 amide bonds. The average molecular weight is 203 g/mol. The minimum absolute atomic E-state index is 0.201. The second-order valence-electron chi connectivity index (χ2n) is 2.07. The Kier molecular flexibility index (Phi) is 3.48. The highest BCUT2D eigenvalue weighted by Gasteiger charge is 2.03. The Morgan fingerprint density at radius 1 is 1.75 bits per heavy atom. The molecule has 0 aromatic carbocycles. The first kappa shape index (κ1) is 9.46. The quantitative estimate of drug-likeness (QED) is 0.701. The molecule has 3 nitrogen and oxygen atoms in total. The van der Waals surface area contributed by atoms with Crippen LogP contribution in [0.1, 0.15) is 11.9 Å². The van der Waals surface area contributed by atoms with Crippen molar-refractivity contribution >= 4 is 22.9 Å². The zero-order chi connectivity index (χ0) is 8.97. The van der Waals surface area contributed by atoms with Crippen LogP contribution in [0.25, 0.3) is 0 Å². The van der Waals surface area contributed by atoms with Crippen LogP contribution in [0, 0.1) is 12.3 Å². The Morgan fingerprint density at radius 2 is 2.50 bits per heavy atom. The van der Waals surface area contributed by atoms with E-state index in [-0.39, 0.29) is 6.10 Å². The summed E-state index contributed by atoms with van der Waals surface area (Å²) in [6.45, 7) is 2.17. The molecule has 0 aliphatic rings. The topological polar surface area (TPSA) is 35.0 Å². The van der Waals surface area contributed by atoms with E-state index in [0.29, 0.717) is 11.1 Å². The molecule has 0 fully saturated rings. The standard InChI is InChI=1S/C7H7ClN2OS/c1-3-5(2)11-4-6-9-10-7(8)12-6/h1,5H,4H2,2H3. The molecule has 0 bridgehead atoms. The number of aromatic nitrogens is 2. The number of halogens is 1. The normalized spacial score (nSPS) is 12.4. The van der Waals surface area contributed by atoms with E-state index in [1.54, 1.807) is 6.92 Å². The van der Waals surface area contributed by atoms with E-state index >= 15 is 0 Å². The number of nitrogens with zero attached hydrogens (tertiary/aromatic N) is 2. The molecule has 0 saturated carbocycles. The van der Waals surface area contributed by atoms with Crippen LogP contribution in [-0.2, 0) is 11.3 Å². The summed E-state index contributed by atoms with van der Waals surface area (Å²) in [4.78, 5) is 0. The van der Waals surface area contributed by atoms with Gasteiger partial charge in [-0.1, -0.05) is 17.3 Å². The molecule has 0 aliphatic carbocycles. The highest BCUT2D eigenvalue weighted by Crippen LogP contribution is 2.15. The van der Waals surface area contributed by atoms with Crippen LogP contribution in [0.4, 0.5) is 0 Å². The highest BCUT2D eigenvalue weighted by atomic mass is 35.5. The third-order valence-electron chi connectivity index (χ3n) is 1.13. The smallest absolute Gasteiger partial charge is 0.207 e. The molecule has 1 rings (SSSR count). The molecule has 1 aromatic rings. The molecule has 1 aromatic heterocycles. The van der Waals surface area contributed by atoms with Crippen molar-refractivity contribution in [3.8, 4) is 12.3 Å². The summed E-state index contributed by atoms with van der Waals surface area (Å²) in [6.07, 6.45) is 4.91. The van der Waals surface area contributed by atoms with Crippen LogP contribution in [0.15, 0.2) is 0 Å². The van der Waals surface area contributed by atoms with Gasteiger partial charge >= 0.3 is 0 Å². The largest absolute Gasteiger partial charge is 0.359 e. The van der Waals surface area contributed by atoms with Crippen molar-refractivity contribution < 1.29 is 4.74 Å². The second kappa shape index (κ2) is 4.41. The van der Waals surface area contributed by atoms with Gasteiger partial charge in [0.05, 0.1) is 0 Å². The van der Waals surface area contributed by atoms with Gasteiger partial charge in [-0.15, -0.1) is 16.6 Å². The summed E-state index contributed by atoms with van der Waals surface area (Å²) < 4.78 is 5.62. The molecular formula is C7H7ClN2OS. The third-order valence-corrected chi connectivity index (χ3v) is 2.13. The van der Waals surface area contributed by atoms with Gasteiger partial charge in [-0.25, -0.2) is 0 Å². The molecule has 0 saturated heterocycles. The number of hydrogen-bond donors (Lipinski definition) is 0. The minimum atomic E-state index is -0.201. The van der Waals surface area contributed by atoms with Crippen LogP contribution >= 0.6 is 22.9 Å². The van der Waals surface area contributed by atoms with Crippen molar-refractivity contribution in [2.45, 2.75) is 19.6 Å². The van der Waals surface area contributed by atoms with Gasteiger partial charge in [-0.2, -0.15) is 0 Å². The summed E-state index contributed by atoms with van der Waals surface area (Å²) in [7, 11) is 0. The monoisotopic (exact) mass is 202 g/mol. The molecule has 1 unspecified atom stereocenters. The number of terminal acetylenes is 1. The molecule has 0 spiro atoms. The minimum Gasteiger partial charge on any atom is -0.359 e. The second-order valence-corrected chi connectivity index (χ2v) is 3.71. The van der Waals surface area contributed by atoms with Crippen LogP contribution in [0.3, 0.4) is 0 Å². The lowest BCUT2D eigenvalue weighted by Gasteiger charge is -2.02. The Labute approximate surface area is 79.7 Å². The van der Waals surface area contributed by atoms with Gasteiger partial charge < -0.3 is 4.74 Å². The van der Waals surface area contributed by atoms with Gasteiger partial charge in [0.15, 0.2) is 0 Å². The van der Waals surface area contributed by atoms with Crippen LogP contribution < -0.4 is 0 Å². The maximum absolute atomic E-state index is 5.56. The van der Waals surface area contributed by atoms with Crippen molar-refractivity contribution in [1.29, 1.82) is 0 Å². The molecule has 1 atom stereocenters. The van der Waals surface area contributed by atoms with E-state index in [9.17, 15) is 0 Å². The molecule has 1 heterocycles. The molecule has 64 valence electrons. The van der Waals surface area contributed by atoms with E-state index in [1.165, 1.54) is 11.3 Å². The highest BCUT2D eigenvalue weighted by molar-refractivity contribution is 7.15. The van der Waals surface area contributed by atoms with Gasteiger partial charge in [0, 0.05) is 0 Å². The van der Waals surface area contributed by atoms with Gasteiger partial charge in [-0.05, 0) is 18.5 Å². The SMILES string of the molecule is C#CC(C)OCc1nnc(Cl)s1.